The van der Waals surface area contributed by atoms with E-state index in [0.29, 0.717) is 27.9 Å². The number of carbonyl (C=O) groups excluding carboxylic acids is 2. The second kappa shape index (κ2) is 11.1. The molecule has 3 aromatic rings. The molecule has 0 fully saturated rings. The van der Waals surface area contributed by atoms with Crippen LogP contribution in [0.1, 0.15) is 17.3 Å². The molecule has 0 bridgehead atoms. The van der Waals surface area contributed by atoms with Crippen molar-refractivity contribution in [2.45, 2.75) is 17.1 Å². The third-order valence-corrected chi connectivity index (χ3v) is 6.01. The Morgan fingerprint density at radius 3 is 2.39 bits per heavy atom. The quantitative estimate of drug-likeness (QED) is 0.388. The molecule has 172 valence electrons. The number of ether oxygens (including phenoxy) is 2. The van der Waals surface area contributed by atoms with Crippen LogP contribution in [0.15, 0.2) is 65.6 Å². The number of anilines is 2. The fourth-order valence-corrected chi connectivity index (χ4v) is 4.11. The fourth-order valence-electron chi connectivity index (χ4n) is 2.94. The van der Waals surface area contributed by atoms with Gasteiger partial charge in [0.25, 0.3) is 5.91 Å². The van der Waals surface area contributed by atoms with Crippen molar-refractivity contribution < 1.29 is 23.5 Å². The van der Waals surface area contributed by atoms with Crippen molar-refractivity contribution in [2.24, 2.45) is 0 Å². The van der Waals surface area contributed by atoms with Gasteiger partial charge in [0, 0.05) is 16.6 Å². The molecular weight excluding hydrogens is 467 g/mol. The molecule has 0 aliphatic carbocycles. The highest BCUT2D eigenvalue weighted by Gasteiger charge is 2.19. The lowest BCUT2D eigenvalue weighted by Crippen LogP contribution is -2.22. The Kier molecular flexibility index (Phi) is 8.19. The van der Waals surface area contributed by atoms with E-state index in [1.54, 1.807) is 43.3 Å². The molecule has 1 unspecified atom stereocenters. The average molecular weight is 489 g/mol. The SMILES string of the molecule is COc1cc(OC)c(NC(=O)C(C)Sc2cccc(NC(=O)c3ccccc3F)c2)cc1Cl. The second-order valence-corrected chi connectivity index (χ2v) is 8.72. The van der Waals surface area contributed by atoms with Gasteiger partial charge in [-0.05, 0) is 43.3 Å². The van der Waals surface area contributed by atoms with Gasteiger partial charge in [-0.3, -0.25) is 9.59 Å². The molecule has 0 aromatic heterocycles. The summed E-state index contributed by atoms with van der Waals surface area (Å²) in [4.78, 5) is 25.9. The van der Waals surface area contributed by atoms with E-state index in [-0.39, 0.29) is 11.5 Å². The van der Waals surface area contributed by atoms with Crippen LogP contribution in [-0.2, 0) is 4.79 Å². The Bertz CT molecular complexity index is 1170. The van der Waals surface area contributed by atoms with E-state index in [2.05, 4.69) is 10.6 Å². The molecule has 0 aliphatic heterocycles. The highest BCUT2D eigenvalue weighted by atomic mass is 35.5. The van der Waals surface area contributed by atoms with Gasteiger partial charge in [-0.2, -0.15) is 0 Å². The number of halogens is 2. The first-order chi connectivity index (χ1) is 15.8. The zero-order valence-corrected chi connectivity index (χ0v) is 19.7. The molecule has 2 N–H and O–H groups in total. The van der Waals surface area contributed by atoms with Crippen LogP contribution in [0, 0.1) is 5.82 Å². The molecular formula is C24H22ClFN2O4S. The monoisotopic (exact) mass is 488 g/mol. The smallest absolute Gasteiger partial charge is 0.258 e. The van der Waals surface area contributed by atoms with Crippen molar-refractivity contribution in [3.05, 3.63) is 77.1 Å². The van der Waals surface area contributed by atoms with Crippen molar-refractivity contribution in [3.8, 4) is 11.5 Å². The first kappa shape index (κ1) is 24.4. The molecule has 6 nitrogen and oxygen atoms in total. The summed E-state index contributed by atoms with van der Waals surface area (Å²) in [5.41, 5.74) is 0.867. The van der Waals surface area contributed by atoms with Crippen molar-refractivity contribution in [1.82, 2.24) is 0 Å². The van der Waals surface area contributed by atoms with E-state index in [9.17, 15) is 14.0 Å². The third-order valence-electron chi connectivity index (χ3n) is 4.62. The highest BCUT2D eigenvalue weighted by molar-refractivity contribution is 8.00. The lowest BCUT2D eigenvalue weighted by Gasteiger charge is -2.16. The van der Waals surface area contributed by atoms with Crippen LogP contribution in [-0.4, -0.2) is 31.3 Å². The maximum Gasteiger partial charge on any atom is 0.258 e. The van der Waals surface area contributed by atoms with E-state index >= 15 is 0 Å². The molecule has 3 rings (SSSR count). The Labute approximate surface area is 200 Å². The largest absolute Gasteiger partial charge is 0.495 e. The van der Waals surface area contributed by atoms with Gasteiger partial charge in [-0.25, -0.2) is 4.39 Å². The minimum absolute atomic E-state index is 0.0459. The lowest BCUT2D eigenvalue weighted by molar-refractivity contribution is -0.115. The summed E-state index contributed by atoms with van der Waals surface area (Å²) >= 11 is 7.47. The van der Waals surface area contributed by atoms with Gasteiger partial charge in [0.05, 0.1) is 35.7 Å². The van der Waals surface area contributed by atoms with E-state index in [1.807, 2.05) is 6.07 Å². The topological polar surface area (TPSA) is 76.7 Å². The van der Waals surface area contributed by atoms with Crippen LogP contribution in [0.2, 0.25) is 5.02 Å². The fraction of sp³-hybridized carbons (Fsp3) is 0.167. The molecule has 0 radical (unpaired) electrons. The highest BCUT2D eigenvalue weighted by Crippen LogP contribution is 2.36. The number of methoxy groups -OCH3 is 2. The van der Waals surface area contributed by atoms with E-state index in [0.717, 1.165) is 4.90 Å². The maximum atomic E-state index is 13.8. The van der Waals surface area contributed by atoms with Crippen molar-refractivity contribution >= 4 is 46.6 Å². The summed E-state index contributed by atoms with van der Waals surface area (Å²) in [6.07, 6.45) is 0. The van der Waals surface area contributed by atoms with Crippen LogP contribution in [0.25, 0.3) is 0 Å². The molecule has 3 aromatic carbocycles. The molecule has 0 saturated carbocycles. The van der Waals surface area contributed by atoms with Gasteiger partial charge in [0.1, 0.15) is 17.3 Å². The number of benzene rings is 3. The first-order valence-electron chi connectivity index (χ1n) is 9.87. The Balaban J connectivity index is 1.68. The van der Waals surface area contributed by atoms with Crippen molar-refractivity contribution in [3.63, 3.8) is 0 Å². The molecule has 0 spiro atoms. The minimum Gasteiger partial charge on any atom is -0.495 e. The van der Waals surface area contributed by atoms with E-state index < -0.39 is 17.0 Å². The Hall–Kier alpha value is -3.23. The van der Waals surface area contributed by atoms with Crippen molar-refractivity contribution in [1.29, 1.82) is 0 Å². The lowest BCUT2D eigenvalue weighted by atomic mass is 10.2. The van der Waals surface area contributed by atoms with Crippen LogP contribution in [0.5, 0.6) is 11.5 Å². The minimum atomic E-state index is -0.597. The molecule has 33 heavy (non-hydrogen) atoms. The van der Waals surface area contributed by atoms with Gasteiger partial charge in [0.2, 0.25) is 5.91 Å². The van der Waals surface area contributed by atoms with Crippen molar-refractivity contribution in [2.75, 3.05) is 24.9 Å². The van der Waals surface area contributed by atoms with E-state index in [1.165, 1.54) is 44.2 Å². The summed E-state index contributed by atoms with van der Waals surface area (Å²) in [6.45, 7) is 1.75. The van der Waals surface area contributed by atoms with E-state index in [4.69, 9.17) is 21.1 Å². The van der Waals surface area contributed by atoms with Crippen LogP contribution in [0.4, 0.5) is 15.8 Å². The predicted molar refractivity (Wildman–Crippen MR) is 129 cm³/mol. The van der Waals surface area contributed by atoms with Gasteiger partial charge < -0.3 is 20.1 Å². The summed E-state index contributed by atoms with van der Waals surface area (Å²) in [5, 5.41) is 5.35. The van der Waals surface area contributed by atoms with Crippen LogP contribution in [0.3, 0.4) is 0 Å². The number of nitrogens with one attached hydrogen (secondary N) is 2. The number of hydrogen-bond acceptors (Lipinski definition) is 5. The third kappa shape index (κ3) is 6.18. The van der Waals surface area contributed by atoms with Gasteiger partial charge >= 0.3 is 0 Å². The standard InChI is InChI=1S/C24H22ClFN2O4S/c1-14(23(29)28-20-12-18(25)21(31-2)13-22(20)32-3)33-16-8-6-7-15(11-16)27-24(30)17-9-4-5-10-19(17)26/h4-14H,1-3H3,(H,27,30)(H,28,29). The molecule has 0 saturated heterocycles. The number of thioether (sulfide) groups is 1. The van der Waals surface area contributed by atoms with Crippen LogP contribution < -0.4 is 20.1 Å². The molecule has 1 atom stereocenters. The number of rotatable bonds is 8. The Morgan fingerprint density at radius 2 is 1.70 bits per heavy atom. The summed E-state index contributed by atoms with van der Waals surface area (Å²) in [6, 6.07) is 15.9. The predicted octanol–water partition coefficient (Wildman–Crippen LogP) is 5.87. The van der Waals surface area contributed by atoms with Crippen LogP contribution >= 0.6 is 23.4 Å². The van der Waals surface area contributed by atoms with Gasteiger partial charge in [0.15, 0.2) is 0 Å². The number of hydrogen-bond donors (Lipinski definition) is 2. The molecule has 9 heteroatoms. The Morgan fingerprint density at radius 1 is 0.970 bits per heavy atom. The van der Waals surface area contributed by atoms with Gasteiger partial charge in [-0.1, -0.05) is 29.8 Å². The number of amides is 2. The molecule has 0 aliphatic rings. The summed E-state index contributed by atoms with van der Waals surface area (Å²) in [5.74, 6) is -0.562. The average Bonchev–Trinajstić information content (AvgIpc) is 2.79. The zero-order valence-electron chi connectivity index (χ0n) is 18.1. The summed E-state index contributed by atoms with van der Waals surface area (Å²) < 4.78 is 24.3. The first-order valence-corrected chi connectivity index (χ1v) is 11.1. The molecule has 2 amide bonds. The van der Waals surface area contributed by atoms with Gasteiger partial charge in [-0.15, -0.1) is 11.8 Å². The normalized spacial score (nSPS) is 11.4. The summed E-state index contributed by atoms with van der Waals surface area (Å²) in [7, 11) is 2.97. The number of carbonyl (C=O) groups is 2. The maximum absolute atomic E-state index is 13.8. The molecule has 0 heterocycles. The second-order valence-electron chi connectivity index (χ2n) is 6.90. The zero-order chi connectivity index (χ0) is 24.0.